The van der Waals surface area contributed by atoms with E-state index >= 15 is 0 Å². The van der Waals surface area contributed by atoms with Crippen molar-refractivity contribution < 1.29 is 13.3 Å². The minimum Gasteiger partial charge on any atom is -0.374 e. The van der Waals surface area contributed by atoms with Crippen LogP contribution in [-0.4, -0.2) is 39.4 Å². The number of hydrogen-bond donors (Lipinski definition) is 0. The average Bonchev–Trinajstić information content (AvgIpc) is 3.13. The molecule has 0 aliphatic carbocycles. The molecule has 0 aliphatic heterocycles. The van der Waals surface area contributed by atoms with Gasteiger partial charge < -0.3 is 13.3 Å². The van der Waals surface area contributed by atoms with Gasteiger partial charge in [-0.15, -0.1) is 11.3 Å². The molecule has 0 amide bonds. The van der Waals surface area contributed by atoms with E-state index in [-0.39, 0.29) is 5.54 Å². The van der Waals surface area contributed by atoms with E-state index in [4.69, 9.17) is 13.3 Å². The van der Waals surface area contributed by atoms with Gasteiger partial charge in [0.25, 0.3) is 0 Å². The van der Waals surface area contributed by atoms with Gasteiger partial charge in [0.15, 0.2) is 4.34 Å². The highest BCUT2D eigenvalue weighted by molar-refractivity contribution is 9.46. The number of fused-ring (bicyclic) bond motifs is 1. The third-order valence-corrected chi connectivity index (χ3v) is 21.7. The zero-order valence-corrected chi connectivity index (χ0v) is 24.2. The van der Waals surface area contributed by atoms with Crippen molar-refractivity contribution in [3.63, 3.8) is 0 Å². The summed E-state index contributed by atoms with van der Waals surface area (Å²) in [6.07, 6.45) is 0. The smallest absolute Gasteiger partial charge is 0.374 e. The number of benzene rings is 1. The topological polar surface area (TPSA) is 40.6 Å². The molecule has 2 aromatic rings. The highest BCUT2D eigenvalue weighted by Crippen LogP contribution is 2.57. The zero-order valence-electron chi connectivity index (χ0n) is 16.7. The van der Waals surface area contributed by atoms with Gasteiger partial charge in [-0.05, 0) is 92.8 Å². The van der Waals surface area contributed by atoms with Crippen LogP contribution in [0, 0.1) is 0 Å². The summed E-state index contributed by atoms with van der Waals surface area (Å²) in [7, 11) is 9.86. The van der Waals surface area contributed by atoms with Crippen molar-refractivity contribution >= 4 is 101 Å². The molecule has 0 saturated heterocycles. The van der Waals surface area contributed by atoms with Crippen LogP contribution in [-0.2, 0) is 13.3 Å². The number of aromatic nitrogens is 1. The van der Waals surface area contributed by atoms with Crippen molar-refractivity contribution in [1.29, 1.82) is 0 Å². The fourth-order valence-corrected chi connectivity index (χ4v) is 21.7. The molecule has 29 heavy (non-hydrogen) atoms. The Balaban J connectivity index is 1.60. The van der Waals surface area contributed by atoms with Crippen molar-refractivity contribution in [2.45, 2.75) is 37.6 Å². The van der Waals surface area contributed by atoms with E-state index in [0.717, 1.165) is 15.6 Å². The molecule has 13 heteroatoms. The molecule has 1 atom stereocenters. The summed E-state index contributed by atoms with van der Waals surface area (Å²) in [6, 6.07) is 8.27. The fourth-order valence-electron chi connectivity index (χ4n) is 2.37. The molecule has 1 unspecified atom stereocenters. The molecule has 1 heterocycles. The lowest BCUT2D eigenvalue weighted by molar-refractivity contribution is 0.0646. The largest absolute Gasteiger partial charge is 0.504 e. The molecule has 0 bridgehead atoms. The van der Waals surface area contributed by atoms with Crippen LogP contribution < -0.4 is 0 Å². The molecule has 0 aliphatic rings. The Labute approximate surface area is 205 Å². The lowest BCUT2D eigenvalue weighted by Gasteiger charge is -2.33. The van der Waals surface area contributed by atoms with Gasteiger partial charge in [-0.2, -0.15) is 0 Å². The maximum absolute atomic E-state index is 5.99. The molecular formula is C16H25NO3S8Si. The van der Waals surface area contributed by atoms with Crippen LogP contribution in [0.15, 0.2) is 28.6 Å². The zero-order chi connectivity index (χ0) is 21.0. The molecule has 4 nitrogen and oxygen atoms in total. The van der Waals surface area contributed by atoms with Crippen LogP contribution in [0.1, 0.15) is 27.7 Å². The molecule has 0 saturated carbocycles. The third kappa shape index (κ3) is 9.20. The Morgan fingerprint density at radius 2 is 1.55 bits per heavy atom. The number of thiazole rings is 1. The van der Waals surface area contributed by atoms with Crippen LogP contribution in [0.3, 0.4) is 0 Å². The Morgan fingerprint density at radius 3 is 2.21 bits per heavy atom. The average molecular weight is 564 g/mol. The third-order valence-electron chi connectivity index (χ3n) is 3.50. The minimum absolute atomic E-state index is 0.266. The van der Waals surface area contributed by atoms with Gasteiger partial charge in [-0.25, -0.2) is 4.98 Å². The predicted octanol–water partition coefficient (Wildman–Crippen LogP) is 8.72. The van der Waals surface area contributed by atoms with E-state index in [1.807, 2.05) is 37.6 Å². The summed E-state index contributed by atoms with van der Waals surface area (Å²) in [5.74, 6) is 0.947. The summed E-state index contributed by atoms with van der Waals surface area (Å²) >= 11 is 1.75. The Hall–Kier alpha value is 1.66. The first-order valence-corrected chi connectivity index (χ1v) is 20.7. The molecular weight excluding hydrogens is 539 g/mol. The molecule has 0 radical (unpaired) electrons. The van der Waals surface area contributed by atoms with Crippen molar-refractivity contribution in [2.24, 2.45) is 0 Å². The summed E-state index contributed by atoms with van der Waals surface area (Å²) in [5.41, 5.74) is 1.35. The van der Waals surface area contributed by atoms with E-state index in [9.17, 15) is 0 Å². The second-order valence-corrected chi connectivity index (χ2v) is 21.0. The van der Waals surface area contributed by atoms with Gasteiger partial charge >= 0.3 is 8.80 Å². The molecule has 0 fully saturated rings. The standard InChI is InChI=1S/C16H25NO3S8Si/c1-5-18-29(19-6-2,20-7-3)13(4)12-21-24-26-28-27-25-23-16-17-14-10-8-9-11-15(14)22-16/h8-11,13H,5-7,12H2,1-4H3. The van der Waals surface area contributed by atoms with Crippen molar-refractivity contribution in [3.05, 3.63) is 24.3 Å². The minimum atomic E-state index is -2.60. The highest BCUT2D eigenvalue weighted by atomic mass is 33.9. The molecule has 164 valence electrons. The Kier molecular flexibility index (Phi) is 14.4. The van der Waals surface area contributed by atoms with Crippen molar-refractivity contribution in [2.75, 3.05) is 25.6 Å². The van der Waals surface area contributed by atoms with E-state index in [2.05, 4.69) is 30.1 Å². The normalized spacial score (nSPS) is 13.2. The maximum Gasteiger partial charge on any atom is 0.504 e. The summed E-state index contributed by atoms with van der Waals surface area (Å²) in [6.45, 7) is 10.1. The molecule has 1 aromatic carbocycles. The van der Waals surface area contributed by atoms with E-state index < -0.39 is 8.80 Å². The van der Waals surface area contributed by atoms with Crippen LogP contribution >= 0.6 is 82.1 Å². The van der Waals surface area contributed by atoms with Gasteiger partial charge in [0.1, 0.15) is 0 Å². The number of para-hydroxylation sites is 1. The molecule has 0 spiro atoms. The SMILES string of the molecule is CCO[Si](OCC)(OCC)C(C)CSSSSSSSc1nc2ccccc2s1. The quantitative estimate of drug-likeness (QED) is 0.112. The van der Waals surface area contributed by atoms with Crippen molar-refractivity contribution in [1.82, 2.24) is 4.98 Å². The van der Waals surface area contributed by atoms with Crippen LogP contribution in [0.2, 0.25) is 5.54 Å². The highest BCUT2D eigenvalue weighted by Gasteiger charge is 2.46. The maximum atomic E-state index is 5.99. The summed E-state index contributed by atoms with van der Waals surface area (Å²) in [4.78, 5) is 4.64. The van der Waals surface area contributed by atoms with E-state index in [0.29, 0.717) is 19.8 Å². The number of nitrogens with zero attached hydrogens (tertiary/aromatic N) is 1. The summed E-state index contributed by atoms with van der Waals surface area (Å²) in [5, 5.41) is 0. The van der Waals surface area contributed by atoms with Crippen LogP contribution in [0.4, 0.5) is 0 Å². The second-order valence-electron chi connectivity index (χ2n) is 5.46. The van der Waals surface area contributed by atoms with E-state index in [1.165, 1.54) is 4.70 Å². The first kappa shape index (κ1) is 26.9. The first-order chi connectivity index (χ1) is 14.1. The van der Waals surface area contributed by atoms with E-state index in [1.54, 1.807) is 71.3 Å². The summed E-state index contributed by atoms with van der Waals surface area (Å²) < 4.78 is 20.3. The molecule has 2 rings (SSSR count). The van der Waals surface area contributed by atoms with Crippen molar-refractivity contribution in [3.8, 4) is 0 Å². The number of rotatable bonds is 16. The van der Waals surface area contributed by atoms with Gasteiger partial charge in [0.2, 0.25) is 0 Å². The Bertz CT molecular complexity index is 660. The van der Waals surface area contributed by atoms with Gasteiger partial charge in [0, 0.05) is 31.1 Å². The predicted molar refractivity (Wildman–Crippen MR) is 146 cm³/mol. The monoisotopic (exact) mass is 563 g/mol. The Morgan fingerprint density at radius 1 is 0.931 bits per heavy atom. The second kappa shape index (κ2) is 15.5. The fraction of sp³-hybridized carbons (Fsp3) is 0.562. The van der Waals surface area contributed by atoms with Crippen LogP contribution in [0.5, 0.6) is 0 Å². The number of hydrogen-bond acceptors (Lipinski definition) is 12. The molecule has 0 N–H and O–H groups in total. The lowest BCUT2D eigenvalue weighted by atomic mass is 10.3. The molecule has 1 aromatic heterocycles. The van der Waals surface area contributed by atoms with Crippen LogP contribution in [0.25, 0.3) is 10.2 Å². The van der Waals surface area contributed by atoms with Gasteiger partial charge in [0.05, 0.1) is 10.2 Å². The van der Waals surface area contributed by atoms with Gasteiger partial charge in [-0.3, -0.25) is 0 Å². The van der Waals surface area contributed by atoms with Gasteiger partial charge in [-0.1, -0.05) is 29.9 Å². The first-order valence-electron chi connectivity index (χ1n) is 9.05. The lowest BCUT2D eigenvalue weighted by Crippen LogP contribution is -2.50.